The van der Waals surface area contributed by atoms with Gasteiger partial charge in [0.05, 0.1) is 22.3 Å². The third kappa shape index (κ3) is 3.20. The summed E-state index contributed by atoms with van der Waals surface area (Å²) in [6, 6.07) is 17.8. The molecule has 0 fully saturated rings. The van der Waals surface area contributed by atoms with Gasteiger partial charge in [0, 0.05) is 11.5 Å². The van der Waals surface area contributed by atoms with Crippen LogP contribution in [0.15, 0.2) is 66.7 Å². The lowest BCUT2D eigenvalue weighted by molar-refractivity contribution is -0.140. The second-order valence-corrected chi connectivity index (χ2v) is 5.94. The van der Waals surface area contributed by atoms with Gasteiger partial charge in [-0.1, -0.05) is 36.4 Å². The van der Waals surface area contributed by atoms with Crippen LogP contribution in [0.25, 0.3) is 17.0 Å². The molecule has 0 saturated carbocycles. The largest absolute Gasteiger partial charge is 0.441 e. The number of fused-ring (bicyclic) bond motifs is 2. The second-order valence-electron chi connectivity index (χ2n) is 5.94. The molecule has 0 atom stereocenters. The maximum Gasteiger partial charge on any atom is 0.332 e. The molecule has 0 spiro atoms. The lowest BCUT2D eigenvalue weighted by atomic mass is 10.1. The summed E-state index contributed by atoms with van der Waals surface area (Å²) in [7, 11) is 0. The Labute approximate surface area is 154 Å². The first-order chi connectivity index (χ1) is 13.1. The first kappa shape index (κ1) is 16.7. The van der Waals surface area contributed by atoms with Gasteiger partial charge < -0.3 is 4.74 Å². The number of esters is 1. The predicted octanol–water partition coefficient (Wildman–Crippen LogP) is 3.04. The molecule has 0 radical (unpaired) electrons. The van der Waals surface area contributed by atoms with E-state index in [0.29, 0.717) is 16.8 Å². The van der Waals surface area contributed by atoms with Crippen molar-refractivity contribution in [2.45, 2.75) is 0 Å². The van der Waals surface area contributed by atoms with Crippen LogP contribution in [0.2, 0.25) is 0 Å². The average Bonchev–Trinajstić information content (AvgIpc) is 2.95. The summed E-state index contributed by atoms with van der Waals surface area (Å²) in [6.45, 7) is -0.430. The van der Waals surface area contributed by atoms with Crippen LogP contribution in [0.3, 0.4) is 0 Å². The van der Waals surface area contributed by atoms with Gasteiger partial charge in [-0.05, 0) is 30.3 Å². The zero-order valence-corrected chi connectivity index (χ0v) is 14.2. The third-order valence-electron chi connectivity index (χ3n) is 4.22. The highest BCUT2D eigenvalue weighted by atomic mass is 16.5. The SMILES string of the molecule is O=C(C=Cc1ccc2ccccc2n1)OCN1C(=O)c2ccccc2C1=O. The second kappa shape index (κ2) is 6.84. The Morgan fingerprint density at radius 1 is 0.926 bits per heavy atom. The van der Waals surface area contributed by atoms with E-state index in [2.05, 4.69) is 4.98 Å². The molecule has 2 amide bonds. The van der Waals surface area contributed by atoms with E-state index >= 15 is 0 Å². The van der Waals surface area contributed by atoms with Gasteiger partial charge in [-0.3, -0.25) is 9.59 Å². The Morgan fingerprint density at radius 3 is 2.33 bits per heavy atom. The average molecular weight is 358 g/mol. The van der Waals surface area contributed by atoms with Gasteiger partial charge >= 0.3 is 5.97 Å². The smallest absolute Gasteiger partial charge is 0.332 e. The van der Waals surface area contributed by atoms with Gasteiger partial charge in [0.2, 0.25) is 0 Å². The molecular formula is C21H14N2O4. The minimum Gasteiger partial charge on any atom is -0.441 e. The molecule has 6 nitrogen and oxygen atoms in total. The van der Waals surface area contributed by atoms with Gasteiger partial charge in [0.15, 0.2) is 6.73 Å². The van der Waals surface area contributed by atoms with Crippen molar-refractivity contribution in [2.75, 3.05) is 6.73 Å². The van der Waals surface area contributed by atoms with Gasteiger partial charge in [0.25, 0.3) is 11.8 Å². The minimum absolute atomic E-state index is 0.314. The van der Waals surface area contributed by atoms with Crippen molar-refractivity contribution in [3.05, 3.63) is 83.6 Å². The van der Waals surface area contributed by atoms with Gasteiger partial charge in [-0.15, -0.1) is 0 Å². The first-order valence-electron chi connectivity index (χ1n) is 8.29. The van der Waals surface area contributed by atoms with Crippen LogP contribution in [-0.4, -0.2) is 34.4 Å². The molecule has 1 aromatic heterocycles. The fourth-order valence-corrected chi connectivity index (χ4v) is 2.86. The number of carbonyl (C=O) groups excluding carboxylic acids is 3. The van der Waals surface area contributed by atoms with Crippen LogP contribution in [0.1, 0.15) is 26.4 Å². The number of carbonyl (C=O) groups is 3. The number of benzene rings is 2. The summed E-state index contributed by atoms with van der Waals surface area (Å²) >= 11 is 0. The van der Waals surface area contributed by atoms with E-state index in [1.54, 1.807) is 30.3 Å². The molecular weight excluding hydrogens is 344 g/mol. The van der Waals surface area contributed by atoms with Crippen molar-refractivity contribution in [1.82, 2.24) is 9.88 Å². The van der Waals surface area contributed by atoms with Crippen molar-refractivity contribution in [3.8, 4) is 0 Å². The lowest BCUT2D eigenvalue weighted by Crippen LogP contribution is -2.32. The van der Waals surface area contributed by atoms with E-state index in [1.165, 1.54) is 12.2 Å². The Hall–Kier alpha value is -3.80. The summed E-state index contributed by atoms with van der Waals surface area (Å²) in [5, 5.41) is 1.00. The summed E-state index contributed by atoms with van der Waals surface area (Å²) in [6.07, 6.45) is 2.74. The zero-order chi connectivity index (χ0) is 18.8. The lowest BCUT2D eigenvalue weighted by Gasteiger charge is -2.12. The number of rotatable bonds is 4. The number of amides is 2. The van der Waals surface area contributed by atoms with Crippen molar-refractivity contribution < 1.29 is 19.1 Å². The molecule has 27 heavy (non-hydrogen) atoms. The number of ether oxygens (including phenoxy) is 1. The van der Waals surface area contributed by atoms with Gasteiger partial charge in [-0.25, -0.2) is 14.7 Å². The molecule has 1 aliphatic rings. The highest BCUT2D eigenvalue weighted by molar-refractivity contribution is 6.21. The predicted molar refractivity (Wildman–Crippen MR) is 98.7 cm³/mol. The van der Waals surface area contributed by atoms with Gasteiger partial charge in [-0.2, -0.15) is 0 Å². The Bertz CT molecular complexity index is 1070. The molecule has 0 N–H and O–H groups in total. The number of hydrogen-bond acceptors (Lipinski definition) is 5. The van der Waals surface area contributed by atoms with Crippen LogP contribution in [-0.2, 0) is 9.53 Å². The number of nitrogens with zero attached hydrogens (tertiary/aromatic N) is 2. The van der Waals surface area contributed by atoms with Crippen LogP contribution in [0.5, 0.6) is 0 Å². The summed E-state index contributed by atoms with van der Waals surface area (Å²) in [5.74, 6) is -1.60. The molecule has 4 rings (SSSR count). The Morgan fingerprint density at radius 2 is 1.59 bits per heavy atom. The van der Waals surface area contributed by atoms with Crippen molar-refractivity contribution in [2.24, 2.45) is 0 Å². The maximum absolute atomic E-state index is 12.2. The fourth-order valence-electron chi connectivity index (χ4n) is 2.86. The number of hydrogen-bond donors (Lipinski definition) is 0. The molecule has 132 valence electrons. The summed E-state index contributed by atoms with van der Waals surface area (Å²) in [4.78, 5) is 41.7. The topological polar surface area (TPSA) is 76.6 Å². The molecule has 0 saturated heterocycles. The molecule has 3 aromatic rings. The number of imide groups is 1. The Kier molecular flexibility index (Phi) is 4.22. The van der Waals surface area contributed by atoms with Crippen molar-refractivity contribution in [3.63, 3.8) is 0 Å². The first-order valence-corrected chi connectivity index (χ1v) is 8.29. The molecule has 2 aromatic carbocycles. The summed E-state index contributed by atoms with van der Waals surface area (Å²) in [5.41, 5.74) is 2.05. The molecule has 1 aliphatic heterocycles. The van der Waals surface area contributed by atoms with E-state index in [0.717, 1.165) is 15.8 Å². The monoisotopic (exact) mass is 358 g/mol. The van der Waals surface area contributed by atoms with E-state index in [1.807, 2.05) is 30.3 Å². The summed E-state index contributed by atoms with van der Waals surface area (Å²) < 4.78 is 5.04. The maximum atomic E-state index is 12.2. The quantitative estimate of drug-likeness (QED) is 0.407. The van der Waals surface area contributed by atoms with Crippen LogP contribution in [0, 0.1) is 0 Å². The van der Waals surface area contributed by atoms with Gasteiger partial charge in [0.1, 0.15) is 0 Å². The highest BCUT2D eigenvalue weighted by Crippen LogP contribution is 2.22. The molecule has 0 bridgehead atoms. The Balaban J connectivity index is 1.40. The molecule has 6 heteroatoms. The molecule has 2 heterocycles. The minimum atomic E-state index is -0.665. The van der Waals surface area contributed by atoms with E-state index in [-0.39, 0.29) is 0 Å². The number of para-hydroxylation sites is 1. The fraction of sp³-hybridized carbons (Fsp3) is 0.0476. The van der Waals surface area contributed by atoms with Crippen LogP contribution < -0.4 is 0 Å². The zero-order valence-electron chi connectivity index (χ0n) is 14.2. The van der Waals surface area contributed by atoms with Crippen LogP contribution >= 0.6 is 0 Å². The molecule has 0 aliphatic carbocycles. The molecule has 0 unspecified atom stereocenters. The normalized spacial score (nSPS) is 13.4. The highest BCUT2D eigenvalue weighted by Gasteiger charge is 2.35. The van der Waals surface area contributed by atoms with Crippen molar-refractivity contribution in [1.29, 1.82) is 0 Å². The van der Waals surface area contributed by atoms with E-state index in [4.69, 9.17) is 4.74 Å². The van der Waals surface area contributed by atoms with Crippen molar-refractivity contribution >= 4 is 34.8 Å². The number of pyridine rings is 1. The van der Waals surface area contributed by atoms with E-state index in [9.17, 15) is 14.4 Å². The number of aromatic nitrogens is 1. The standard InChI is InChI=1S/C21H14N2O4/c24-19(12-11-15-10-9-14-5-1-4-8-18(14)22-15)27-13-23-20(25)16-6-2-3-7-17(16)21(23)26/h1-12H,13H2. The van der Waals surface area contributed by atoms with Crippen LogP contribution in [0.4, 0.5) is 0 Å². The van der Waals surface area contributed by atoms with E-state index < -0.39 is 24.5 Å². The third-order valence-corrected chi connectivity index (χ3v) is 4.22.